The molecule has 0 radical (unpaired) electrons. The highest BCUT2D eigenvalue weighted by atomic mass is 35.5. The van der Waals surface area contributed by atoms with E-state index in [1.165, 1.54) is 12.1 Å². The van der Waals surface area contributed by atoms with Crippen LogP contribution in [0, 0.1) is 0 Å². The highest BCUT2D eigenvalue weighted by molar-refractivity contribution is 6.63. The van der Waals surface area contributed by atoms with Crippen LogP contribution in [0.5, 0.6) is 0 Å². The summed E-state index contributed by atoms with van der Waals surface area (Å²) in [6.45, 7) is -4.87. The van der Waals surface area contributed by atoms with E-state index in [1.807, 2.05) is 0 Å². The molecule has 18 heavy (non-hydrogen) atoms. The van der Waals surface area contributed by atoms with Crippen molar-refractivity contribution in [3.05, 3.63) is 41.0 Å². The maximum absolute atomic E-state index is 13.1. The summed E-state index contributed by atoms with van der Waals surface area (Å²) in [7, 11) is 0. The molecule has 0 saturated heterocycles. The molecular formula is C12H9BClF3N-. The van der Waals surface area contributed by atoms with E-state index in [2.05, 4.69) is 4.98 Å². The normalized spacial score (nSPS) is 18.0. The van der Waals surface area contributed by atoms with Gasteiger partial charge in [0, 0.05) is 11.6 Å². The molecule has 0 unspecified atom stereocenters. The minimum Gasteiger partial charge on any atom is -0.448 e. The van der Waals surface area contributed by atoms with Crippen LogP contribution in [0.25, 0.3) is 10.9 Å². The third-order valence-corrected chi connectivity index (χ3v) is 4.01. The molecule has 1 aliphatic rings. The molecule has 0 bridgehead atoms. The van der Waals surface area contributed by atoms with Gasteiger partial charge in [0.1, 0.15) is 0 Å². The van der Waals surface area contributed by atoms with Gasteiger partial charge in [-0.25, -0.2) is 0 Å². The molecular weight excluding hydrogens is 261 g/mol. The lowest BCUT2D eigenvalue weighted by molar-refractivity contribution is 0.431. The number of benzene rings is 1. The maximum atomic E-state index is 13.1. The molecule has 1 saturated carbocycles. The molecule has 2 aromatic rings. The highest BCUT2D eigenvalue weighted by Gasteiger charge is 2.58. The van der Waals surface area contributed by atoms with Crippen molar-refractivity contribution >= 4 is 29.5 Å². The fourth-order valence-electron chi connectivity index (χ4n) is 2.36. The van der Waals surface area contributed by atoms with Gasteiger partial charge in [-0.3, -0.25) is 4.98 Å². The summed E-state index contributed by atoms with van der Waals surface area (Å²) in [5.41, 5.74) is 0.939. The third-order valence-electron chi connectivity index (χ3n) is 3.68. The Labute approximate surface area is 107 Å². The van der Waals surface area contributed by atoms with Gasteiger partial charge in [0.15, 0.2) is 0 Å². The summed E-state index contributed by atoms with van der Waals surface area (Å²) in [5.74, 6) is 0. The average Bonchev–Trinajstić information content (AvgIpc) is 3.09. The molecule has 0 atom stereocenters. The SMILES string of the molecule is F[B-](F)(F)C1(c2ccc3nccc(Cl)c3c2)CC1. The lowest BCUT2D eigenvalue weighted by Gasteiger charge is -2.27. The molecule has 0 spiro atoms. The number of hydrogen-bond acceptors (Lipinski definition) is 1. The Bertz CT molecular complexity index is 622. The van der Waals surface area contributed by atoms with E-state index in [4.69, 9.17) is 11.6 Å². The Morgan fingerprint density at radius 2 is 1.89 bits per heavy atom. The number of nitrogens with zero attached hydrogens (tertiary/aromatic N) is 1. The van der Waals surface area contributed by atoms with Crippen molar-refractivity contribution in [1.82, 2.24) is 4.98 Å². The van der Waals surface area contributed by atoms with Crippen LogP contribution in [-0.4, -0.2) is 12.0 Å². The summed E-state index contributed by atoms with van der Waals surface area (Å²) in [5, 5.41) is -0.580. The number of pyridine rings is 1. The lowest BCUT2D eigenvalue weighted by Crippen LogP contribution is -2.34. The molecule has 1 heterocycles. The number of aromatic nitrogens is 1. The smallest absolute Gasteiger partial charge is 0.448 e. The van der Waals surface area contributed by atoms with E-state index in [9.17, 15) is 12.9 Å². The second-order valence-electron chi connectivity index (χ2n) is 4.76. The second kappa shape index (κ2) is 3.64. The fourth-order valence-corrected chi connectivity index (χ4v) is 2.57. The van der Waals surface area contributed by atoms with E-state index in [0.717, 1.165) is 0 Å². The van der Waals surface area contributed by atoms with Gasteiger partial charge in [0.05, 0.1) is 10.5 Å². The van der Waals surface area contributed by atoms with E-state index < -0.39 is 12.3 Å². The summed E-state index contributed by atoms with van der Waals surface area (Å²) in [4.78, 5) is 4.09. The number of fused-ring (bicyclic) bond motifs is 1. The summed E-state index contributed by atoms with van der Waals surface area (Å²) in [6, 6.07) is 6.26. The molecule has 1 aromatic carbocycles. The summed E-state index contributed by atoms with van der Waals surface area (Å²) >= 11 is 6.00. The van der Waals surface area contributed by atoms with E-state index in [1.54, 1.807) is 18.3 Å². The lowest BCUT2D eigenvalue weighted by atomic mass is 9.64. The topological polar surface area (TPSA) is 12.9 Å². The quantitative estimate of drug-likeness (QED) is 0.741. The van der Waals surface area contributed by atoms with Crippen LogP contribution >= 0.6 is 11.6 Å². The number of hydrogen-bond donors (Lipinski definition) is 0. The average molecular weight is 270 g/mol. The monoisotopic (exact) mass is 270 g/mol. The Hall–Kier alpha value is -1.23. The van der Waals surface area contributed by atoms with Gasteiger partial charge in [-0.2, -0.15) is 0 Å². The Balaban J connectivity index is 2.18. The van der Waals surface area contributed by atoms with Crippen LogP contribution in [0.1, 0.15) is 18.4 Å². The van der Waals surface area contributed by atoms with Crippen LogP contribution in [0.2, 0.25) is 5.02 Å². The number of halogens is 4. The molecule has 3 rings (SSSR count). The van der Waals surface area contributed by atoms with Crippen LogP contribution in [0.3, 0.4) is 0 Å². The zero-order valence-electron chi connectivity index (χ0n) is 9.34. The largest absolute Gasteiger partial charge is 0.488 e. The van der Waals surface area contributed by atoms with Crippen molar-refractivity contribution < 1.29 is 12.9 Å². The zero-order valence-corrected chi connectivity index (χ0v) is 10.1. The molecule has 1 aliphatic carbocycles. The van der Waals surface area contributed by atoms with Crippen LogP contribution in [-0.2, 0) is 5.31 Å². The van der Waals surface area contributed by atoms with Crippen molar-refractivity contribution in [1.29, 1.82) is 0 Å². The van der Waals surface area contributed by atoms with Crippen molar-refractivity contribution in [2.45, 2.75) is 18.2 Å². The predicted octanol–water partition coefficient (Wildman–Crippen LogP) is 4.31. The van der Waals surface area contributed by atoms with Crippen molar-refractivity contribution in [3.63, 3.8) is 0 Å². The number of rotatable bonds is 2. The second-order valence-corrected chi connectivity index (χ2v) is 5.16. The Kier molecular flexibility index (Phi) is 2.39. The maximum Gasteiger partial charge on any atom is 0.488 e. The predicted molar refractivity (Wildman–Crippen MR) is 66.7 cm³/mol. The van der Waals surface area contributed by atoms with Gasteiger partial charge in [-0.1, -0.05) is 42.1 Å². The Morgan fingerprint density at radius 1 is 1.17 bits per heavy atom. The summed E-state index contributed by atoms with van der Waals surface area (Å²) < 4.78 is 39.3. The van der Waals surface area contributed by atoms with Gasteiger partial charge in [0.25, 0.3) is 0 Å². The molecule has 0 aliphatic heterocycles. The minimum absolute atomic E-state index is 0.180. The first-order chi connectivity index (χ1) is 8.44. The van der Waals surface area contributed by atoms with Gasteiger partial charge in [0.2, 0.25) is 0 Å². The van der Waals surface area contributed by atoms with Crippen LogP contribution in [0.4, 0.5) is 12.9 Å². The minimum atomic E-state index is -4.87. The van der Waals surface area contributed by atoms with E-state index >= 15 is 0 Å². The van der Waals surface area contributed by atoms with Gasteiger partial charge < -0.3 is 12.9 Å². The molecule has 0 N–H and O–H groups in total. The van der Waals surface area contributed by atoms with Gasteiger partial charge >= 0.3 is 6.98 Å². The molecule has 6 heteroatoms. The highest BCUT2D eigenvalue weighted by Crippen LogP contribution is 2.56. The molecule has 1 nitrogen and oxygen atoms in total. The van der Waals surface area contributed by atoms with Crippen molar-refractivity contribution in [3.8, 4) is 0 Å². The van der Waals surface area contributed by atoms with Crippen molar-refractivity contribution in [2.75, 3.05) is 0 Å². The van der Waals surface area contributed by atoms with E-state index in [-0.39, 0.29) is 12.8 Å². The first-order valence-corrected chi connectivity index (χ1v) is 6.06. The first kappa shape index (κ1) is 11.8. The zero-order chi connectivity index (χ0) is 13.0. The molecule has 1 fully saturated rings. The molecule has 1 aromatic heterocycles. The van der Waals surface area contributed by atoms with Crippen LogP contribution in [0.15, 0.2) is 30.5 Å². The summed E-state index contributed by atoms with van der Waals surface area (Å²) in [6.07, 6.45) is 1.91. The standard InChI is InChI=1S/C12H9BClF3N/c14-10-3-6-18-11-2-1-8(7-9(10)11)12(4-5-12)13(15,16)17/h1-3,6-7H,4-5H2/q-1. The molecule has 94 valence electrons. The first-order valence-electron chi connectivity index (χ1n) is 5.68. The van der Waals surface area contributed by atoms with Crippen molar-refractivity contribution in [2.24, 2.45) is 0 Å². The fraction of sp³-hybridized carbons (Fsp3) is 0.250. The van der Waals surface area contributed by atoms with Gasteiger partial charge in [-0.15, -0.1) is 0 Å². The Morgan fingerprint density at radius 3 is 2.50 bits per heavy atom. The van der Waals surface area contributed by atoms with E-state index in [0.29, 0.717) is 21.5 Å². The van der Waals surface area contributed by atoms with Crippen LogP contribution < -0.4 is 0 Å². The molecule has 0 amide bonds. The van der Waals surface area contributed by atoms with Gasteiger partial charge in [-0.05, 0) is 17.4 Å². The third kappa shape index (κ3) is 1.61.